The molecule has 0 bridgehead atoms. The molecule has 25 heavy (non-hydrogen) atoms. The molecule has 0 unspecified atom stereocenters. The van der Waals surface area contributed by atoms with Gasteiger partial charge in [-0.15, -0.1) is 0 Å². The Bertz CT molecular complexity index is 906. The lowest BCUT2D eigenvalue weighted by Crippen LogP contribution is -2.40. The van der Waals surface area contributed by atoms with Crippen molar-refractivity contribution in [1.82, 2.24) is 15.3 Å². The molecule has 0 aliphatic carbocycles. The monoisotopic (exact) mass is 344 g/mol. The molecule has 1 aromatic carbocycles. The number of anilines is 1. The number of amides is 2. The Morgan fingerprint density at radius 3 is 2.32 bits per heavy atom. The minimum absolute atomic E-state index is 0.169. The smallest absolute Gasteiger partial charge is 0.326 e. The fourth-order valence-corrected chi connectivity index (χ4v) is 2.21. The normalized spacial score (nSPS) is 11.0. The average Bonchev–Trinajstić information content (AvgIpc) is 2.46. The highest BCUT2D eigenvalue weighted by Crippen LogP contribution is 2.20. The van der Waals surface area contributed by atoms with E-state index in [-0.39, 0.29) is 11.6 Å². The zero-order valence-electron chi connectivity index (χ0n) is 14.4. The third kappa shape index (κ3) is 4.66. The second kappa shape index (κ2) is 6.76. The van der Waals surface area contributed by atoms with E-state index < -0.39 is 22.7 Å². The van der Waals surface area contributed by atoms with E-state index in [1.165, 1.54) is 0 Å². The second-order valence-electron chi connectivity index (χ2n) is 6.64. The molecule has 0 aliphatic heterocycles. The van der Waals surface area contributed by atoms with Crippen LogP contribution in [0.2, 0.25) is 0 Å². The molecule has 2 amide bonds. The Kier molecular flexibility index (Phi) is 4.92. The zero-order valence-corrected chi connectivity index (χ0v) is 14.4. The fraction of sp³-hybridized carbons (Fsp3) is 0.294. The maximum absolute atomic E-state index is 12.4. The number of hydrogen-bond donors (Lipinski definition) is 4. The molecule has 1 aromatic heterocycles. The van der Waals surface area contributed by atoms with Crippen molar-refractivity contribution in [3.63, 3.8) is 0 Å². The first-order valence-corrected chi connectivity index (χ1v) is 7.64. The van der Waals surface area contributed by atoms with Crippen molar-refractivity contribution in [2.24, 2.45) is 0 Å². The molecular formula is C17H20N4O4. The van der Waals surface area contributed by atoms with E-state index in [1.807, 2.05) is 25.8 Å². The van der Waals surface area contributed by atoms with Gasteiger partial charge in [0.25, 0.3) is 17.4 Å². The molecule has 4 N–H and O–H groups in total. The Hall–Kier alpha value is -3.16. The largest absolute Gasteiger partial charge is 0.347 e. The maximum atomic E-state index is 12.4. The topological polar surface area (TPSA) is 124 Å². The molecule has 1 heterocycles. The quantitative estimate of drug-likeness (QED) is 0.667. The number of H-pyrrole nitrogens is 2. The van der Waals surface area contributed by atoms with Crippen molar-refractivity contribution in [3.05, 3.63) is 61.9 Å². The standard InChI is InChI=1S/C17H20N4O4/c1-9-10(14(23)21-17(2,3)4)6-5-7-11(9)18-15(24)12-8-13(22)20-16(25)19-12/h5-8H,1-4H3,(H,18,24)(H,21,23)(H2,19,20,22,25). The van der Waals surface area contributed by atoms with Crippen molar-refractivity contribution >= 4 is 17.5 Å². The van der Waals surface area contributed by atoms with Gasteiger partial charge in [-0.3, -0.25) is 19.4 Å². The Morgan fingerprint density at radius 2 is 1.72 bits per heavy atom. The lowest BCUT2D eigenvalue weighted by Gasteiger charge is -2.21. The van der Waals surface area contributed by atoms with Gasteiger partial charge in [-0.05, 0) is 45.4 Å². The highest BCUT2D eigenvalue weighted by molar-refractivity contribution is 6.05. The lowest BCUT2D eigenvalue weighted by molar-refractivity contribution is 0.0917. The summed E-state index contributed by atoms with van der Waals surface area (Å²) in [4.78, 5) is 51.4. The summed E-state index contributed by atoms with van der Waals surface area (Å²) in [5.41, 5.74) is -0.605. The number of aromatic nitrogens is 2. The van der Waals surface area contributed by atoms with E-state index in [1.54, 1.807) is 25.1 Å². The van der Waals surface area contributed by atoms with Crippen molar-refractivity contribution in [1.29, 1.82) is 0 Å². The highest BCUT2D eigenvalue weighted by Gasteiger charge is 2.19. The highest BCUT2D eigenvalue weighted by atomic mass is 16.2. The molecule has 0 atom stereocenters. The van der Waals surface area contributed by atoms with Gasteiger partial charge in [0.1, 0.15) is 5.69 Å². The maximum Gasteiger partial charge on any atom is 0.326 e. The van der Waals surface area contributed by atoms with Crippen LogP contribution in [-0.4, -0.2) is 27.3 Å². The summed E-state index contributed by atoms with van der Waals surface area (Å²) in [7, 11) is 0. The van der Waals surface area contributed by atoms with E-state index in [0.717, 1.165) is 6.07 Å². The van der Waals surface area contributed by atoms with Crippen molar-refractivity contribution in [2.45, 2.75) is 33.2 Å². The first-order valence-electron chi connectivity index (χ1n) is 7.64. The van der Waals surface area contributed by atoms with Crippen LogP contribution in [-0.2, 0) is 0 Å². The van der Waals surface area contributed by atoms with E-state index in [4.69, 9.17) is 0 Å². The molecule has 8 nitrogen and oxygen atoms in total. The molecule has 0 saturated carbocycles. The van der Waals surface area contributed by atoms with Gasteiger partial charge in [0, 0.05) is 22.9 Å². The molecule has 132 valence electrons. The molecule has 0 aliphatic rings. The third-order valence-electron chi connectivity index (χ3n) is 3.32. The first-order chi connectivity index (χ1) is 11.6. The van der Waals surface area contributed by atoms with E-state index in [2.05, 4.69) is 15.6 Å². The number of aromatic amines is 2. The molecule has 2 rings (SSSR count). The summed E-state index contributed by atoms with van der Waals surface area (Å²) in [6.07, 6.45) is 0. The van der Waals surface area contributed by atoms with Crippen LogP contribution < -0.4 is 21.9 Å². The van der Waals surface area contributed by atoms with Crippen LogP contribution in [0.5, 0.6) is 0 Å². The molecular weight excluding hydrogens is 324 g/mol. The van der Waals surface area contributed by atoms with Crippen LogP contribution in [0.25, 0.3) is 0 Å². The van der Waals surface area contributed by atoms with Gasteiger partial charge in [-0.2, -0.15) is 0 Å². The van der Waals surface area contributed by atoms with Gasteiger partial charge in [0.15, 0.2) is 0 Å². The van der Waals surface area contributed by atoms with Gasteiger partial charge in [0.2, 0.25) is 0 Å². The minimum atomic E-state index is -0.771. The van der Waals surface area contributed by atoms with Crippen molar-refractivity contribution < 1.29 is 9.59 Å². The minimum Gasteiger partial charge on any atom is -0.347 e. The van der Waals surface area contributed by atoms with Gasteiger partial charge < -0.3 is 15.6 Å². The summed E-state index contributed by atoms with van der Waals surface area (Å²) in [6.45, 7) is 7.31. The Morgan fingerprint density at radius 1 is 1.04 bits per heavy atom. The van der Waals surface area contributed by atoms with E-state index in [9.17, 15) is 19.2 Å². The molecule has 0 spiro atoms. The number of carbonyl (C=O) groups is 2. The summed E-state index contributed by atoms with van der Waals surface area (Å²) >= 11 is 0. The Labute approximate surface area is 143 Å². The van der Waals surface area contributed by atoms with Gasteiger partial charge in [-0.25, -0.2) is 4.79 Å². The predicted molar refractivity (Wildman–Crippen MR) is 94.0 cm³/mol. The summed E-state index contributed by atoms with van der Waals surface area (Å²) in [5, 5.41) is 5.46. The SMILES string of the molecule is Cc1c(NC(=O)c2cc(=O)[nH]c(=O)[nH]2)cccc1C(=O)NC(C)(C)C. The van der Waals surface area contributed by atoms with Crippen LogP contribution in [0.1, 0.15) is 47.2 Å². The predicted octanol–water partition coefficient (Wildman–Crippen LogP) is 1.15. The Balaban J connectivity index is 2.30. The van der Waals surface area contributed by atoms with Gasteiger partial charge >= 0.3 is 5.69 Å². The lowest BCUT2D eigenvalue weighted by atomic mass is 10.0. The number of nitrogens with one attached hydrogen (secondary N) is 4. The van der Waals surface area contributed by atoms with Crippen LogP contribution in [0, 0.1) is 6.92 Å². The average molecular weight is 344 g/mol. The second-order valence-corrected chi connectivity index (χ2v) is 6.64. The molecule has 0 fully saturated rings. The van der Waals surface area contributed by atoms with E-state index in [0.29, 0.717) is 16.8 Å². The van der Waals surface area contributed by atoms with Crippen LogP contribution in [0.3, 0.4) is 0 Å². The van der Waals surface area contributed by atoms with Gasteiger partial charge in [0.05, 0.1) is 0 Å². The molecule has 8 heteroatoms. The molecule has 2 aromatic rings. The van der Waals surface area contributed by atoms with Gasteiger partial charge in [-0.1, -0.05) is 6.07 Å². The number of carbonyl (C=O) groups excluding carboxylic acids is 2. The van der Waals surface area contributed by atoms with Crippen molar-refractivity contribution in [2.75, 3.05) is 5.32 Å². The zero-order chi connectivity index (χ0) is 18.8. The molecule has 0 saturated heterocycles. The number of hydrogen-bond acceptors (Lipinski definition) is 4. The summed E-state index contributed by atoms with van der Waals surface area (Å²) < 4.78 is 0. The van der Waals surface area contributed by atoms with Crippen LogP contribution in [0.4, 0.5) is 5.69 Å². The summed E-state index contributed by atoms with van der Waals surface area (Å²) in [6, 6.07) is 5.91. The third-order valence-corrected chi connectivity index (χ3v) is 3.32. The molecule has 0 radical (unpaired) electrons. The van der Waals surface area contributed by atoms with Crippen LogP contribution >= 0.6 is 0 Å². The number of benzene rings is 1. The van der Waals surface area contributed by atoms with E-state index >= 15 is 0 Å². The summed E-state index contributed by atoms with van der Waals surface area (Å²) in [5.74, 6) is -0.912. The van der Waals surface area contributed by atoms with Crippen molar-refractivity contribution in [3.8, 4) is 0 Å². The van der Waals surface area contributed by atoms with Crippen LogP contribution in [0.15, 0.2) is 33.9 Å². The number of rotatable bonds is 3. The fourth-order valence-electron chi connectivity index (χ4n) is 2.21. The first kappa shape index (κ1) is 18.2.